The van der Waals surface area contributed by atoms with Gasteiger partial charge in [0.05, 0.1) is 30.6 Å². The van der Waals surface area contributed by atoms with Crippen LogP contribution in [0.2, 0.25) is 0 Å². The number of alkyl halides is 3. The smallest absolute Gasteiger partial charge is 0.416 e. The molecule has 170 valence electrons. The fraction of sp³-hybridized carbons (Fsp3) is 0.400. The van der Waals surface area contributed by atoms with Crippen molar-refractivity contribution in [2.45, 2.75) is 42.9 Å². The van der Waals surface area contributed by atoms with Crippen molar-refractivity contribution in [3.63, 3.8) is 0 Å². The summed E-state index contributed by atoms with van der Waals surface area (Å²) in [5.74, 6) is -2.55. The van der Waals surface area contributed by atoms with Crippen molar-refractivity contribution in [2.24, 2.45) is 0 Å². The minimum absolute atomic E-state index is 0.212. The maximum atomic E-state index is 12.8. The first-order valence-corrected chi connectivity index (χ1v) is 9.07. The van der Waals surface area contributed by atoms with E-state index < -0.39 is 60.4 Å². The minimum atomic E-state index is -4.51. The summed E-state index contributed by atoms with van der Waals surface area (Å²) >= 11 is 0. The van der Waals surface area contributed by atoms with Gasteiger partial charge in [-0.05, 0) is 17.7 Å². The summed E-state index contributed by atoms with van der Waals surface area (Å²) < 4.78 is 48.6. The quantitative estimate of drug-likeness (QED) is 0.284. The van der Waals surface area contributed by atoms with E-state index in [2.05, 4.69) is 0 Å². The lowest BCUT2D eigenvalue weighted by Crippen LogP contribution is -2.58. The van der Waals surface area contributed by atoms with E-state index in [4.69, 9.17) is 14.6 Å². The first-order valence-electron chi connectivity index (χ1n) is 9.07. The van der Waals surface area contributed by atoms with Gasteiger partial charge in [0.25, 0.3) is 0 Å². The Morgan fingerprint density at radius 1 is 1.23 bits per heavy atom. The highest BCUT2D eigenvalue weighted by Gasteiger charge is 2.52. The number of carbonyl (C=O) groups is 2. The molecule has 0 aromatic heterocycles. The van der Waals surface area contributed by atoms with Crippen LogP contribution in [0.4, 0.5) is 13.2 Å². The van der Waals surface area contributed by atoms with E-state index in [0.717, 1.165) is 12.1 Å². The Bertz CT molecular complexity index is 851. The summed E-state index contributed by atoms with van der Waals surface area (Å²) in [5.41, 5.74) is -2.65. The standard InChI is InChI=1S/C20H21F3O8/c21-20(22,23)13-5-1-3-12(9-13)4-2-8-30-19(18(28)29)10-14(25)17(27)15(11-19)31-16(26)6-7-24/h1-7,9,14-15,17,24-25,27H,8,10-11H2,(H,28,29)/b4-2-,7-6+. The Hall–Kier alpha value is -2.89. The molecule has 0 amide bonds. The molecular formula is C20H21F3O8. The summed E-state index contributed by atoms with van der Waals surface area (Å²) in [6, 6.07) is 4.47. The van der Waals surface area contributed by atoms with Crippen molar-refractivity contribution in [1.29, 1.82) is 0 Å². The highest BCUT2D eigenvalue weighted by atomic mass is 19.4. The zero-order valence-electron chi connectivity index (χ0n) is 16.0. The van der Waals surface area contributed by atoms with Gasteiger partial charge in [0.15, 0.2) is 5.60 Å². The number of halogens is 3. The largest absolute Gasteiger partial charge is 0.515 e. The molecule has 1 saturated carbocycles. The van der Waals surface area contributed by atoms with Gasteiger partial charge in [-0.3, -0.25) is 0 Å². The topological polar surface area (TPSA) is 134 Å². The van der Waals surface area contributed by atoms with Gasteiger partial charge >= 0.3 is 18.1 Å². The Kier molecular flexibility index (Phi) is 7.82. The van der Waals surface area contributed by atoms with Crippen LogP contribution in [0, 0.1) is 0 Å². The highest BCUT2D eigenvalue weighted by Crippen LogP contribution is 2.35. The maximum absolute atomic E-state index is 12.8. The van der Waals surface area contributed by atoms with Crippen molar-refractivity contribution >= 4 is 18.0 Å². The molecule has 2 rings (SSSR count). The molecule has 1 aromatic rings. The number of carbonyl (C=O) groups excluding carboxylic acids is 1. The van der Waals surface area contributed by atoms with Gasteiger partial charge in [0.2, 0.25) is 0 Å². The number of benzene rings is 1. The molecule has 1 aliphatic rings. The fourth-order valence-electron chi connectivity index (χ4n) is 3.16. The molecule has 0 heterocycles. The lowest BCUT2D eigenvalue weighted by molar-refractivity contribution is -0.204. The average Bonchev–Trinajstić information content (AvgIpc) is 2.68. The molecule has 31 heavy (non-hydrogen) atoms. The van der Waals surface area contributed by atoms with Gasteiger partial charge in [0.1, 0.15) is 12.2 Å². The number of aliphatic hydroxyl groups excluding tert-OH is 3. The van der Waals surface area contributed by atoms with Gasteiger partial charge in [0, 0.05) is 12.8 Å². The lowest BCUT2D eigenvalue weighted by Gasteiger charge is -2.41. The second-order valence-electron chi connectivity index (χ2n) is 6.89. The van der Waals surface area contributed by atoms with Crippen molar-refractivity contribution in [3.05, 3.63) is 53.8 Å². The molecule has 1 aromatic carbocycles. The first kappa shape index (κ1) is 24.4. The molecule has 4 N–H and O–H groups in total. The van der Waals surface area contributed by atoms with E-state index >= 15 is 0 Å². The van der Waals surface area contributed by atoms with Crippen LogP contribution >= 0.6 is 0 Å². The Morgan fingerprint density at radius 3 is 2.55 bits per heavy atom. The number of hydrogen-bond acceptors (Lipinski definition) is 7. The molecule has 4 unspecified atom stereocenters. The van der Waals surface area contributed by atoms with Gasteiger partial charge in [-0.1, -0.05) is 24.3 Å². The second kappa shape index (κ2) is 9.94. The third kappa shape index (κ3) is 6.29. The number of esters is 1. The summed E-state index contributed by atoms with van der Waals surface area (Å²) in [5, 5.41) is 38.3. The Labute approximate surface area is 174 Å². The van der Waals surface area contributed by atoms with E-state index in [1.54, 1.807) is 0 Å². The van der Waals surface area contributed by atoms with Crippen LogP contribution in [0.15, 0.2) is 42.7 Å². The van der Waals surface area contributed by atoms with Gasteiger partial charge in [-0.2, -0.15) is 13.2 Å². The zero-order chi connectivity index (χ0) is 23.2. The lowest BCUT2D eigenvalue weighted by atomic mass is 9.79. The molecule has 0 spiro atoms. The summed E-state index contributed by atoms with van der Waals surface area (Å²) in [6.45, 7) is -0.345. The van der Waals surface area contributed by atoms with Gasteiger partial charge in [-0.25, -0.2) is 9.59 Å². The van der Waals surface area contributed by atoms with Crippen LogP contribution in [0.1, 0.15) is 24.0 Å². The second-order valence-corrected chi connectivity index (χ2v) is 6.89. The molecule has 8 nitrogen and oxygen atoms in total. The zero-order valence-corrected chi connectivity index (χ0v) is 16.0. The SMILES string of the molecule is O=C(/C=C/O)OC1CC(OC/C=C\c2cccc(C(F)(F)F)c2)(C(=O)O)CC(O)C1O. The van der Waals surface area contributed by atoms with E-state index in [-0.39, 0.29) is 12.2 Å². The van der Waals surface area contributed by atoms with Crippen LogP contribution in [0.3, 0.4) is 0 Å². The third-order valence-corrected chi connectivity index (χ3v) is 4.69. The van der Waals surface area contributed by atoms with E-state index in [0.29, 0.717) is 12.3 Å². The Balaban J connectivity index is 2.11. The Morgan fingerprint density at radius 2 is 1.94 bits per heavy atom. The molecule has 4 atom stereocenters. The van der Waals surface area contributed by atoms with E-state index in [9.17, 15) is 38.1 Å². The summed E-state index contributed by atoms with van der Waals surface area (Å²) in [7, 11) is 0. The van der Waals surface area contributed by atoms with Crippen molar-refractivity contribution in [2.75, 3.05) is 6.61 Å². The van der Waals surface area contributed by atoms with Crippen LogP contribution in [0.5, 0.6) is 0 Å². The van der Waals surface area contributed by atoms with Crippen molar-refractivity contribution in [1.82, 2.24) is 0 Å². The van der Waals surface area contributed by atoms with Crippen molar-refractivity contribution in [3.8, 4) is 0 Å². The number of carboxylic acids is 1. The summed E-state index contributed by atoms with van der Waals surface area (Å²) in [6.07, 6.45) is -6.48. The van der Waals surface area contributed by atoms with Crippen LogP contribution in [-0.2, 0) is 25.2 Å². The number of rotatable bonds is 7. The molecule has 0 bridgehead atoms. The van der Waals surface area contributed by atoms with Gasteiger partial charge < -0.3 is 29.9 Å². The molecule has 0 aliphatic heterocycles. The van der Waals surface area contributed by atoms with Crippen molar-refractivity contribution < 1.29 is 52.7 Å². The molecule has 11 heteroatoms. The number of hydrogen-bond donors (Lipinski definition) is 4. The predicted octanol–water partition coefficient (Wildman–Crippen LogP) is 2.06. The van der Waals surface area contributed by atoms with E-state index in [1.165, 1.54) is 24.3 Å². The number of aliphatic hydroxyl groups is 3. The number of aliphatic carboxylic acids is 1. The molecule has 0 radical (unpaired) electrons. The average molecular weight is 446 g/mol. The predicted molar refractivity (Wildman–Crippen MR) is 99.7 cm³/mol. The maximum Gasteiger partial charge on any atom is 0.416 e. The molecular weight excluding hydrogens is 425 g/mol. The van der Waals surface area contributed by atoms with Crippen LogP contribution < -0.4 is 0 Å². The van der Waals surface area contributed by atoms with E-state index in [1.807, 2.05) is 0 Å². The first-order chi connectivity index (χ1) is 14.5. The molecule has 1 fully saturated rings. The monoisotopic (exact) mass is 446 g/mol. The number of ether oxygens (including phenoxy) is 2. The number of carboxylic acid groups (broad SMARTS) is 1. The molecule has 1 aliphatic carbocycles. The van der Waals surface area contributed by atoms with Gasteiger partial charge in [-0.15, -0.1) is 0 Å². The fourth-order valence-corrected chi connectivity index (χ4v) is 3.16. The highest BCUT2D eigenvalue weighted by molar-refractivity contribution is 5.82. The van der Waals surface area contributed by atoms with Crippen LogP contribution in [-0.4, -0.2) is 62.9 Å². The normalized spacial score (nSPS) is 26.9. The third-order valence-electron chi connectivity index (χ3n) is 4.69. The summed E-state index contributed by atoms with van der Waals surface area (Å²) in [4.78, 5) is 23.4. The van der Waals surface area contributed by atoms with Crippen LogP contribution in [0.25, 0.3) is 6.08 Å². The molecule has 0 saturated heterocycles. The minimum Gasteiger partial charge on any atom is -0.515 e.